The van der Waals surface area contributed by atoms with Crippen LogP contribution in [0.1, 0.15) is 15.9 Å². The molecule has 0 bridgehead atoms. The number of nitrogens with one attached hydrogen (secondary N) is 1. The van der Waals surface area contributed by atoms with Crippen molar-refractivity contribution in [3.8, 4) is 5.75 Å². The molecule has 2 aromatic carbocycles. The predicted octanol–water partition coefficient (Wildman–Crippen LogP) is 3.35. The predicted molar refractivity (Wildman–Crippen MR) is 107 cm³/mol. The third-order valence-electron chi connectivity index (χ3n) is 3.77. The number of carbonyl (C=O) groups is 2. The van der Waals surface area contributed by atoms with Gasteiger partial charge in [-0.05, 0) is 35.9 Å². The minimum Gasteiger partial charge on any atom is -0.483 e. The van der Waals surface area contributed by atoms with Crippen molar-refractivity contribution in [3.05, 3.63) is 75.9 Å². The molecular formula is C19H16Cl2N4O3. The highest BCUT2D eigenvalue weighted by Gasteiger charge is 2.13. The Morgan fingerprint density at radius 3 is 2.64 bits per heavy atom. The highest BCUT2D eigenvalue weighted by molar-refractivity contribution is 6.31. The van der Waals surface area contributed by atoms with Crippen molar-refractivity contribution in [2.45, 2.75) is 6.54 Å². The summed E-state index contributed by atoms with van der Waals surface area (Å²) in [7, 11) is 0. The number of amides is 2. The van der Waals surface area contributed by atoms with E-state index >= 15 is 0 Å². The molecule has 3 rings (SSSR count). The number of nitrogens with two attached hydrogens (primary N) is 1. The number of hydrogen-bond acceptors (Lipinski definition) is 4. The topological polar surface area (TPSA) is 99.2 Å². The molecule has 1 aromatic heterocycles. The van der Waals surface area contributed by atoms with Crippen molar-refractivity contribution in [1.82, 2.24) is 9.78 Å². The van der Waals surface area contributed by atoms with E-state index in [0.29, 0.717) is 22.4 Å². The van der Waals surface area contributed by atoms with E-state index in [2.05, 4.69) is 10.4 Å². The summed E-state index contributed by atoms with van der Waals surface area (Å²) in [4.78, 5) is 23.7. The molecule has 0 atom stereocenters. The monoisotopic (exact) mass is 418 g/mol. The summed E-state index contributed by atoms with van der Waals surface area (Å²) in [6, 6.07) is 13.4. The number of ether oxygens (including phenoxy) is 1. The van der Waals surface area contributed by atoms with Crippen molar-refractivity contribution in [2.75, 3.05) is 11.9 Å². The van der Waals surface area contributed by atoms with E-state index < -0.39 is 11.8 Å². The highest BCUT2D eigenvalue weighted by atomic mass is 35.5. The van der Waals surface area contributed by atoms with Crippen LogP contribution in [0.2, 0.25) is 10.0 Å². The summed E-state index contributed by atoms with van der Waals surface area (Å²) in [6.45, 7) is 0.122. The van der Waals surface area contributed by atoms with Gasteiger partial charge in [0, 0.05) is 16.1 Å². The van der Waals surface area contributed by atoms with E-state index in [1.807, 2.05) is 18.2 Å². The lowest BCUT2D eigenvalue weighted by atomic mass is 10.2. The number of hydrogen-bond donors (Lipinski definition) is 2. The Bertz CT molecular complexity index is 1020. The number of halogens is 2. The molecule has 0 fully saturated rings. The van der Waals surface area contributed by atoms with Crippen molar-refractivity contribution >= 4 is 40.8 Å². The van der Waals surface area contributed by atoms with Crippen LogP contribution in [0.5, 0.6) is 5.75 Å². The van der Waals surface area contributed by atoms with Gasteiger partial charge in [0.05, 0.1) is 18.3 Å². The Morgan fingerprint density at radius 2 is 1.89 bits per heavy atom. The van der Waals surface area contributed by atoms with Gasteiger partial charge in [-0.15, -0.1) is 0 Å². The molecule has 0 unspecified atom stereocenters. The molecule has 3 N–H and O–H groups in total. The summed E-state index contributed by atoms with van der Waals surface area (Å²) in [5.74, 6) is -0.435. The van der Waals surface area contributed by atoms with Gasteiger partial charge in [-0.3, -0.25) is 9.59 Å². The molecule has 0 aliphatic carbocycles. The maximum atomic E-state index is 12.3. The second kappa shape index (κ2) is 8.77. The molecule has 2 amide bonds. The van der Waals surface area contributed by atoms with Crippen LogP contribution in [0.4, 0.5) is 5.82 Å². The van der Waals surface area contributed by atoms with Gasteiger partial charge >= 0.3 is 0 Å². The number of benzene rings is 2. The lowest BCUT2D eigenvalue weighted by Crippen LogP contribution is -2.23. The third-order valence-corrected chi connectivity index (χ3v) is 4.24. The molecule has 28 heavy (non-hydrogen) atoms. The average Bonchev–Trinajstić information content (AvgIpc) is 3.07. The molecule has 0 aliphatic heterocycles. The first kappa shape index (κ1) is 19.7. The fraction of sp³-hybridized carbons (Fsp3) is 0.105. The quantitative estimate of drug-likeness (QED) is 0.614. The summed E-state index contributed by atoms with van der Waals surface area (Å²) < 4.78 is 7.04. The molecule has 3 aromatic rings. The first-order chi connectivity index (χ1) is 13.4. The molecule has 0 saturated carbocycles. The van der Waals surface area contributed by atoms with Crippen LogP contribution >= 0.6 is 23.2 Å². The fourth-order valence-electron chi connectivity index (χ4n) is 2.52. The molecule has 9 heteroatoms. The third kappa shape index (κ3) is 5.03. The van der Waals surface area contributed by atoms with Crippen LogP contribution in [0.15, 0.2) is 54.7 Å². The van der Waals surface area contributed by atoms with Crippen molar-refractivity contribution in [3.63, 3.8) is 0 Å². The number of anilines is 1. The number of carbonyl (C=O) groups excluding carboxylic acids is 2. The summed E-state index contributed by atoms with van der Waals surface area (Å²) in [5, 5.41) is 7.88. The lowest BCUT2D eigenvalue weighted by Gasteiger charge is -2.12. The van der Waals surface area contributed by atoms with Crippen LogP contribution in [-0.4, -0.2) is 28.2 Å². The van der Waals surface area contributed by atoms with Crippen LogP contribution < -0.4 is 15.8 Å². The molecule has 0 aliphatic rings. The molecule has 7 nitrogen and oxygen atoms in total. The van der Waals surface area contributed by atoms with E-state index in [1.165, 1.54) is 12.1 Å². The fourth-order valence-corrected chi connectivity index (χ4v) is 2.90. The van der Waals surface area contributed by atoms with Gasteiger partial charge in [-0.1, -0.05) is 35.3 Å². The van der Waals surface area contributed by atoms with E-state index in [0.717, 1.165) is 5.56 Å². The molecule has 1 heterocycles. The van der Waals surface area contributed by atoms with Crippen molar-refractivity contribution < 1.29 is 14.3 Å². The zero-order valence-electron chi connectivity index (χ0n) is 14.6. The van der Waals surface area contributed by atoms with Gasteiger partial charge in [0.25, 0.3) is 11.8 Å². The largest absolute Gasteiger partial charge is 0.483 e. The smallest absolute Gasteiger partial charge is 0.263 e. The Balaban J connectivity index is 1.64. The summed E-state index contributed by atoms with van der Waals surface area (Å²) in [5.41, 5.74) is 6.35. The highest BCUT2D eigenvalue weighted by Crippen LogP contribution is 2.22. The SMILES string of the molecule is NC(=O)c1cc(Cl)ccc1OCC(=O)Nc1ccnn1Cc1cccc(Cl)c1. The minimum atomic E-state index is -0.697. The van der Waals surface area contributed by atoms with Gasteiger partial charge < -0.3 is 15.8 Å². The van der Waals surface area contributed by atoms with Crippen LogP contribution in [-0.2, 0) is 11.3 Å². The number of aromatic nitrogens is 2. The zero-order chi connectivity index (χ0) is 20.1. The van der Waals surface area contributed by atoms with Crippen LogP contribution in [0, 0.1) is 0 Å². The number of primary amides is 1. The second-order valence-electron chi connectivity index (χ2n) is 5.85. The maximum Gasteiger partial charge on any atom is 0.263 e. The maximum absolute atomic E-state index is 12.3. The standard InChI is InChI=1S/C19H16Cl2N4O3/c20-13-3-1-2-12(8-13)10-25-17(6-7-23-25)24-18(26)11-28-16-5-4-14(21)9-15(16)19(22)27/h1-9H,10-11H2,(H2,22,27)(H,24,26). The first-order valence-corrected chi connectivity index (χ1v) is 8.96. The van der Waals surface area contributed by atoms with Crippen molar-refractivity contribution in [2.24, 2.45) is 5.73 Å². The van der Waals surface area contributed by atoms with Crippen molar-refractivity contribution in [1.29, 1.82) is 0 Å². The van der Waals surface area contributed by atoms with Gasteiger partial charge in [0.1, 0.15) is 11.6 Å². The van der Waals surface area contributed by atoms with Gasteiger partial charge in [0.15, 0.2) is 6.61 Å². The summed E-state index contributed by atoms with van der Waals surface area (Å²) in [6.07, 6.45) is 1.57. The van der Waals surface area contributed by atoms with Gasteiger partial charge in [-0.2, -0.15) is 5.10 Å². The van der Waals surface area contributed by atoms with Gasteiger partial charge in [0.2, 0.25) is 0 Å². The first-order valence-electron chi connectivity index (χ1n) is 8.20. The second-order valence-corrected chi connectivity index (χ2v) is 6.72. The van der Waals surface area contributed by atoms with E-state index in [4.69, 9.17) is 33.7 Å². The normalized spacial score (nSPS) is 10.5. The van der Waals surface area contributed by atoms with Crippen LogP contribution in [0.25, 0.3) is 0 Å². The molecule has 0 radical (unpaired) electrons. The Labute approximate surface area is 171 Å². The van der Waals surface area contributed by atoms with E-state index in [1.54, 1.807) is 29.1 Å². The summed E-state index contributed by atoms with van der Waals surface area (Å²) >= 11 is 11.8. The number of rotatable bonds is 7. The molecular weight excluding hydrogens is 403 g/mol. The molecule has 0 saturated heterocycles. The Kier molecular flexibility index (Phi) is 6.18. The van der Waals surface area contributed by atoms with E-state index in [-0.39, 0.29) is 17.9 Å². The Hall–Kier alpha value is -3.03. The van der Waals surface area contributed by atoms with Crippen LogP contribution in [0.3, 0.4) is 0 Å². The average molecular weight is 419 g/mol. The Morgan fingerprint density at radius 1 is 1.11 bits per heavy atom. The lowest BCUT2D eigenvalue weighted by molar-refractivity contribution is -0.118. The molecule has 144 valence electrons. The number of nitrogens with zero attached hydrogens (tertiary/aromatic N) is 2. The molecule has 0 spiro atoms. The van der Waals surface area contributed by atoms with Gasteiger partial charge in [-0.25, -0.2) is 4.68 Å². The van der Waals surface area contributed by atoms with E-state index in [9.17, 15) is 9.59 Å². The minimum absolute atomic E-state index is 0.103. The zero-order valence-corrected chi connectivity index (χ0v) is 16.1.